The van der Waals surface area contributed by atoms with E-state index in [1.807, 2.05) is 0 Å². The van der Waals surface area contributed by atoms with Crippen molar-refractivity contribution in [1.29, 1.82) is 0 Å². The molecule has 4 nitrogen and oxygen atoms in total. The summed E-state index contributed by atoms with van der Waals surface area (Å²) in [6, 6.07) is 0. The number of halogens is 4. The van der Waals surface area contributed by atoms with Crippen LogP contribution in [0.1, 0.15) is 0 Å². The van der Waals surface area contributed by atoms with Gasteiger partial charge in [-0.3, -0.25) is 9.05 Å². The normalized spacial score (nSPS) is 22.7. The van der Waals surface area contributed by atoms with Gasteiger partial charge in [-0.2, -0.15) is 0 Å². The van der Waals surface area contributed by atoms with Crippen molar-refractivity contribution in [2.45, 2.75) is 20.9 Å². The van der Waals surface area contributed by atoms with Gasteiger partial charge in [-0.1, -0.05) is 48.5 Å². The van der Waals surface area contributed by atoms with Gasteiger partial charge in [0.25, 0.3) is 0 Å². The summed E-state index contributed by atoms with van der Waals surface area (Å²) in [4.78, 5) is 9.80. The van der Waals surface area contributed by atoms with Crippen molar-refractivity contribution >= 4 is 54.2 Å². The molecule has 4 atom stereocenters. The summed E-state index contributed by atoms with van der Waals surface area (Å²) in [5, 5.41) is -5.97. The van der Waals surface area contributed by atoms with Crippen molar-refractivity contribution in [1.82, 2.24) is 0 Å². The number of hydrogen-bond donors (Lipinski definition) is 1. The zero-order chi connectivity index (χ0) is 16.9. The Bertz CT molecular complexity index is 434. The van der Waals surface area contributed by atoms with E-state index in [-0.39, 0.29) is 0 Å². The lowest BCUT2D eigenvalue weighted by atomic mass is 10.2. The highest BCUT2D eigenvalue weighted by Gasteiger charge is 2.46. The Hall–Kier alpha value is 0.230. The Kier molecular flexibility index (Phi) is 8.28. The highest BCUT2D eigenvalue weighted by Crippen LogP contribution is 2.55. The highest BCUT2D eigenvalue weighted by molar-refractivity contribution is 7.47. The second kappa shape index (κ2) is 8.19. The van der Waals surface area contributed by atoms with Crippen LogP contribution in [0.4, 0.5) is 0 Å². The number of rotatable bonds is 10. The number of alkyl halides is 4. The molecule has 4 unspecified atom stereocenters. The Morgan fingerprint density at radius 2 is 1.24 bits per heavy atom. The minimum absolute atomic E-state index is 1.02. The summed E-state index contributed by atoms with van der Waals surface area (Å²) in [6.07, 6.45) is 4.45. The molecule has 0 aromatic rings. The quantitative estimate of drug-likeness (QED) is 0.323. The van der Waals surface area contributed by atoms with Crippen molar-refractivity contribution < 1.29 is 18.5 Å². The van der Waals surface area contributed by atoms with E-state index in [1.54, 1.807) is 0 Å². The van der Waals surface area contributed by atoms with Crippen LogP contribution in [0.2, 0.25) is 0 Å². The Balaban J connectivity index is 5.35. The van der Waals surface area contributed by atoms with Gasteiger partial charge in [-0.15, -0.1) is 36.4 Å². The molecule has 9 heteroatoms. The van der Waals surface area contributed by atoms with E-state index in [0.717, 1.165) is 12.2 Å². The fraction of sp³-hybridized carbons (Fsp3) is 0.333. The summed E-state index contributed by atoms with van der Waals surface area (Å²) in [5.74, 6) is 0. The molecule has 0 aromatic carbocycles. The summed E-state index contributed by atoms with van der Waals surface area (Å²) in [7, 11) is -4.77. The monoisotopic (exact) mass is 394 g/mol. The molecule has 0 amide bonds. The van der Waals surface area contributed by atoms with E-state index < -0.39 is 28.7 Å². The number of phosphoric acid groups is 1. The average molecular weight is 396 g/mol. The third-order valence-corrected chi connectivity index (χ3v) is 5.68. The van der Waals surface area contributed by atoms with Crippen LogP contribution in [-0.2, 0) is 13.6 Å². The fourth-order valence-electron chi connectivity index (χ4n) is 1.09. The molecule has 120 valence electrons. The maximum absolute atomic E-state index is 12.1. The van der Waals surface area contributed by atoms with Gasteiger partial charge < -0.3 is 4.89 Å². The first-order chi connectivity index (χ1) is 9.50. The Morgan fingerprint density at radius 1 is 0.952 bits per heavy atom. The third kappa shape index (κ3) is 5.74. The summed E-state index contributed by atoms with van der Waals surface area (Å²) < 4.78 is 21.7. The zero-order valence-corrected chi connectivity index (χ0v) is 14.8. The lowest BCUT2D eigenvalue weighted by Crippen LogP contribution is -2.35. The van der Waals surface area contributed by atoms with Crippen molar-refractivity contribution in [2.75, 3.05) is 0 Å². The third-order valence-electron chi connectivity index (χ3n) is 2.23. The molecule has 0 spiro atoms. The SMILES string of the molecule is C=CC(Cl)C(Cl)(C=C)OP(=O)(O)OC(Cl)(C=C)C(Cl)C=C. The molecule has 0 aliphatic carbocycles. The predicted octanol–water partition coefficient (Wildman–Crippen LogP) is 4.95. The molecule has 0 heterocycles. The summed E-state index contributed by atoms with van der Waals surface area (Å²) in [5.41, 5.74) is 0. The highest BCUT2D eigenvalue weighted by atomic mass is 35.5. The first kappa shape index (κ1) is 21.2. The second-order valence-electron chi connectivity index (χ2n) is 3.73. The molecule has 1 N–H and O–H groups in total. The van der Waals surface area contributed by atoms with Gasteiger partial charge in [0.2, 0.25) is 0 Å². The predicted molar refractivity (Wildman–Crippen MR) is 89.2 cm³/mol. The van der Waals surface area contributed by atoms with E-state index in [4.69, 9.17) is 55.5 Å². The van der Waals surface area contributed by atoms with Crippen LogP contribution in [0.3, 0.4) is 0 Å². The summed E-state index contributed by atoms with van der Waals surface area (Å²) >= 11 is 23.6. The minimum atomic E-state index is -4.77. The van der Waals surface area contributed by atoms with Gasteiger partial charge in [0, 0.05) is 0 Å². The Morgan fingerprint density at radius 3 is 1.43 bits per heavy atom. The first-order valence-electron chi connectivity index (χ1n) is 5.42. The topological polar surface area (TPSA) is 55.8 Å². The molecule has 0 saturated heterocycles. The lowest BCUT2D eigenvalue weighted by Gasteiger charge is -2.32. The maximum Gasteiger partial charge on any atom is 0.476 e. The van der Waals surface area contributed by atoms with Crippen LogP contribution in [-0.4, -0.2) is 25.8 Å². The second-order valence-corrected chi connectivity index (χ2v) is 7.15. The molecule has 0 aromatic heterocycles. The zero-order valence-electron chi connectivity index (χ0n) is 10.9. The molecule has 0 fully saturated rings. The van der Waals surface area contributed by atoms with Gasteiger partial charge in [0.15, 0.2) is 10.1 Å². The van der Waals surface area contributed by atoms with Crippen LogP contribution in [0, 0.1) is 0 Å². The van der Waals surface area contributed by atoms with Gasteiger partial charge in [-0.25, -0.2) is 4.57 Å². The first-order valence-corrected chi connectivity index (χ1v) is 8.55. The average Bonchev–Trinajstić information content (AvgIpc) is 2.43. The van der Waals surface area contributed by atoms with Crippen LogP contribution in [0.5, 0.6) is 0 Å². The van der Waals surface area contributed by atoms with Gasteiger partial charge in [-0.05, 0) is 12.2 Å². The fourth-order valence-corrected chi connectivity index (χ4v) is 3.31. The van der Waals surface area contributed by atoms with Gasteiger partial charge >= 0.3 is 7.82 Å². The molecule has 0 radical (unpaired) electrons. The molecule has 0 bridgehead atoms. The molecule has 0 aliphatic heterocycles. The van der Waals surface area contributed by atoms with E-state index in [1.165, 1.54) is 12.2 Å². The van der Waals surface area contributed by atoms with Crippen LogP contribution in [0.15, 0.2) is 50.6 Å². The molecule has 0 aliphatic rings. The smallest absolute Gasteiger partial charge is 0.302 e. The number of phosphoric ester groups is 1. The molecule has 0 rings (SSSR count). The maximum atomic E-state index is 12.1. The molecular formula is C12H15Cl4O4P. The lowest BCUT2D eigenvalue weighted by molar-refractivity contribution is 0.0785. The standard InChI is InChI=1S/C12H15Cl4O4P/c1-5-9(13)11(15,7-3)19-21(17,18)20-12(16,8-4)10(14)6-2/h5-10H,1-4H2,(H,17,18). The largest absolute Gasteiger partial charge is 0.476 e. The van der Waals surface area contributed by atoms with E-state index in [9.17, 15) is 9.46 Å². The van der Waals surface area contributed by atoms with Crippen LogP contribution >= 0.6 is 54.2 Å². The van der Waals surface area contributed by atoms with Gasteiger partial charge in [0.05, 0.1) is 10.8 Å². The van der Waals surface area contributed by atoms with Crippen LogP contribution in [0.25, 0.3) is 0 Å². The van der Waals surface area contributed by atoms with Crippen molar-refractivity contribution in [2.24, 2.45) is 0 Å². The van der Waals surface area contributed by atoms with E-state index in [2.05, 4.69) is 26.3 Å². The van der Waals surface area contributed by atoms with Crippen molar-refractivity contribution in [3.05, 3.63) is 50.6 Å². The van der Waals surface area contributed by atoms with Crippen LogP contribution < -0.4 is 0 Å². The minimum Gasteiger partial charge on any atom is -0.302 e. The molecule has 0 saturated carbocycles. The number of hydrogen-bond acceptors (Lipinski definition) is 3. The molecular weight excluding hydrogens is 381 g/mol. The van der Waals surface area contributed by atoms with Crippen molar-refractivity contribution in [3.63, 3.8) is 0 Å². The Labute approximate surface area is 144 Å². The van der Waals surface area contributed by atoms with Crippen molar-refractivity contribution in [3.8, 4) is 0 Å². The van der Waals surface area contributed by atoms with Gasteiger partial charge in [0.1, 0.15) is 0 Å². The molecule has 21 heavy (non-hydrogen) atoms. The van der Waals surface area contributed by atoms with E-state index >= 15 is 0 Å². The summed E-state index contributed by atoms with van der Waals surface area (Å²) in [6.45, 7) is 13.6. The van der Waals surface area contributed by atoms with E-state index in [0.29, 0.717) is 0 Å².